The fourth-order valence-electron chi connectivity index (χ4n) is 4.25. The number of hydrogen-bond acceptors (Lipinski definition) is 11. The predicted molar refractivity (Wildman–Crippen MR) is 127 cm³/mol. The van der Waals surface area contributed by atoms with Gasteiger partial charge in [-0.05, 0) is 12.5 Å². The second-order valence-electron chi connectivity index (χ2n) is 9.06. The number of halogens is 1. The summed E-state index contributed by atoms with van der Waals surface area (Å²) in [5, 5.41) is 74.1. The van der Waals surface area contributed by atoms with Crippen molar-refractivity contribution in [2.45, 2.75) is 74.8 Å². The van der Waals surface area contributed by atoms with Gasteiger partial charge in [0.15, 0.2) is 12.5 Å². The van der Waals surface area contributed by atoms with Crippen LogP contribution in [0.1, 0.15) is 11.1 Å². The Labute approximate surface area is 218 Å². The van der Waals surface area contributed by atoms with Crippen LogP contribution in [0.3, 0.4) is 0 Å². The predicted octanol–water partition coefficient (Wildman–Crippen LogP) is -2.63. The molecule has 0 spiro atoms. The van der Waals surface area contributed by atoms with E-state index in [-0.39, 0.29) is 19.0 Å². The average Bonchev–Trinajstić information content (AvgIpc) is 2.90. The maximum atomic E-state index is 13.0. The number of urea groups is 1. The van der Waals surface area contributed by atoms with E-state index < -0.39 is 80.6 Å². The molecule has 8 N–H and O–H groups in total. The first kappa shape index (κ1) is 29.9. The highest BCUT2D eigenvalue weighted by molar-refractivity contribution is 6.18. The lowest BCUT2D eigenvalue weighted by Crippen LogP contribution is -2.67. The number of ether oxygens (including phenoxy) is 3. The fraction of sp³-hybridized carbons (Fsp3) is 0.696. The second kappa shape index (κ2) is 13.4. The summed E-state index contributed by atoms with van der Waals surface area (Å²) in [7, 11) is 0. The molecule has 2 heterocycles. The number of alkyl halides is 1. The number of nitrogens with zero attached hydrogens (tertiary/aromatic N) is 1. The van der Waals surface area contributed by atoms with Gasteiger partial charge >= 0.3 is 6.03 Å². The van der Waals surface area contributed by atoms with Crippen molar-refractivity contribution in [2.75, 3.05) is 25.6 Å². The normalized spacial score (nSPS) is 36.2. The quantitative estimate of drug-likeness (QED) is 0.149. The number of aliphatic hydroxyl groups excluding tert-OH is 7. The minimum atomic E-state index is -1.78. The number of aryl methyl sites for hydroxylation is 1. The summed E-state index contributed by atoms with van der Waals surface area (Å²) >= 11 is 5.69. The molecule has 2 fully saturated rings. The van der Waals surface area contributed by atoms with E-state index in [2.05, 4.69) is 5.32 Å². The smallest absolute Gasteiger partial charge is 0.319 e. The molecule has 0 aliphatic carbocycles. The molecular weight excluding hydrogens is 516 g/mol. The summed E-state index contributed by atoms with van der Waals surface area (Å²) in [5.41, 5.74) is 1.71. The fourth-order valence-corrected chi connectivity index (χ4v) is 4.35. The van der Waals surface area contributed by atoms with Gasteiger partial charge in [-0.25, -0.2) is 4.79 Å². The zero-order chi connectivity index (χ0) is 27.3. The standard InChI is InChI=1S/C23H35ClN2O11/c1-11-2-4-12(5-3-11)8-26(23(34)25-7-6-24)21-18(32)17(31)20(14(10-28)35-21)37-22-19(33)16(30)15(29)13(9-27)36-22/h2-5,13-22,27-33H,6-10H2,1H3,(H,25,34)/t13-,14-,15-,16+,17-,18-,19-,20-,21?,22-/m1/s1. The van der Waals surface area contributed by atoms with Crippen molar-refractivity contribution in [1.82, 2.24) is 10.2 Å². The highest BCUT2D eigenvalue weighted by Crippen LogP contribution is 2.31. The van der Waals surface area contributed by atoms with Crippen molar-refractivity contribution in [3.63, 3.8) is 0 Å². The van der Waals surface area contributed by atoms with E-state index in [1.165, 1.54) is 0 Å². The Hall–Kier alpha value is -1.62. The van der Waals surface area contributed by atoms with Gasteiger partial charge in [-0.3, -0.25) is 4.90 Å². The number of benzene rings is 1. The largest absolute Gasteiger partial charge is 0.394 e. The summed E-state index contributed by atoms with van der Waals surface area (Å²) in [4.78, 5) is 14.1. The van der Waals surface area contributed by atoms with Gasteiger partial charge in [0.2, 0.25) is 0 Å². The maximum absolute atomic E-state index is 13.0. The van der Waals surface area contributed by atoms with E-state index in [4.69, 9.17) is 25.8 Å². The van der Waals surface area contributed by atoms with Crippen molar-refractivity contribution in [3.8, 4) is 0 Å². The molecule has 37 heavy (non-hydrogen) atoms. The third-order valence-corrected chi connectivity index (χ3v) is 6.58. The lowest BCUT2D eigenvalue weighted by Gasteiger charge is -2.48. The molecule has 0 bridgehead atoms. The van der Waals surface area contributed by atoms with Gasteiger partial charge in [-0.1, -0.05) is 29.8 Å². The second-order valence-corrected chi connectivity index (χ2v) is 9.44. The third-order valence-electron chi connectivity index (χ3n) is 6.39. The summed E-state index contributed by atoms with van der Waals surface area (Å²) in [6.45, 7) is 0.597. The summed E-state index contributed by atoms with van der Waals surface area (Å²) < 4.78 is 16.7. The van der Waals surface area contributed by atoms with E-state index in [0.29, 0.717) is 5.56 Å². The molecule has 210 valence electrons. The van der Waals surface area contributed by atoms with Crippen LogP contribution in [-0.2, 0) is 20.8 Å². The molecule has 0 radical (unpaired) electrons. The van der Waals surface area contributed by atoms with Gasteiger partial charge in [0.05, 0.1) is 19.8 Å². The Kier molecular flexibility index (Phi) is 10.9. The molecule has 10 atom stereocenters. The van der Waals surface area contributed by atoms with E-state index in [9.17, 15) is 40.5 Å². The summed E-state index contributed by atoms with van der Waals surface area (Å²) in [6, 6.07) is 6.63. The molecule has 0 aromatic heterocycles. The van der Waals surface area contributed by atoms with Crippen molar-refractivity contribution < 1.29 is 54.8 Å². The first-order valence-electron chi connectivity index (χ1n) is 11.9. The van der Waals surface area contributed by atoms with E-state index in [1.54, 1.807) is 12.1 Å². The van der Waals surface area contributed by atoms with Crippen LogP contribution in [0.5, 0.6) is 0 Å². The number of nitrogens with one attached hydrogen (secondary N) is 1. The molecule has 13 nitrogen and oxygen atoms in total. The molecule has 2 aliphatic heterocycles. The molecule has 0 saturated carbocycles. The molecule has 1 aromatic rings. The minimum Gasteiger partial charge on any atom is -0.394 e. The van der Waals surface area contributed by atoms with E-state index >= 15 is 0 Å². The lowest BCUT2D eigenvalue weighted by atomic mass is 9.96. The van der Waals surface area contributed by atoms with Crippen molar-refractivity contribution in [2.24, 2.45) is 0 Å². The van der Waals surface area contributed by atoms with Gasteiger partial charge in [-0.2, -0.15) is 0 Å². The van der Waals surface area contributed by atoms with Gasteiger partial charge in [-0.15, -0.1) is 11.6 Å². The van der Waals surface area contributed by atoms with Crippen LogP contribution in [0.4, 0.5) is 4.79 Å². The van der Waals surface area contributed by atoms with Crippen molar-refractivity contribution in [3.05, 3.63) is 35.4 Å². The molecule has 2 saturated heterocycles. The third kappa shape index (κ3) is 6.88. The maximum Gasteiger partial charge on any atom is 0.319 e. The van der Waals surface area contributed by atoms with Crippen LogP contribution in [-0.4, -0.2) is 134 Å². The number of rotatable bonds is 9. The SMILES string of the molecule is Cc1ccc(CN(C(=O)NCCCl)C2O[C@H](CO)[C@@H](O[C@H]3O[C@H](CO)[C@@H](O)[C@H](O)[C@H]3O)[C@H](O)[C@H]2O)cc1. The van der Waals surface area contributed by atoms with Crippen LogP contribution in [0.25, 0.3) is 0 Å². The van der Waals surface area contributed by atoms with Gasteiger partial charge in [0.1, 0.15) is 48.8 Å². The molecule has 2 amide bonds. The Bertz CT molecular complexity index is 862. The number of aliphatic hydroxyl groups is 7. The van der Waals surface area contributed by atoms with E-state index in [1.807, 2.05) is 19.1 Å². The number of hydrogen-bond donors (Lipinski definition) is 8. The molecular formula is C23H35ClN2O11. The zero-order valence-electron chi connectivity index (χ0n) is 20.2. The van der Waals surface area contributed by atoms with Crippen LogP contribution in [0.2, 0.25) is 0 Å². The number of carbonyl (C=O) groups is 1. The van der Waals surface area contributed by atoms with Crippen LogP contribution in [0.15, 0.2) is 24.3 Å². The number of carbonyl (C=O) groups excluding carboxylic acids is 1. The van der Waals surface area contributed by atoms with Crippen molar-refractivity contribution >= 4 is 17.6 Å². The van der Waals surface area contributed by atoms with Gasteiger partial charge in [0, 0.05) is 12.4 Å². The van der Waals surface area contributed by atoms with Gasteiger partial charge < -0.3 is 55.3 Å². The van der Waals surface area contributed by atoms with Crippen LogP contribution >= 0.6 is 11.6 Å². The molecule has 1 unspecified atom stereocenters. The monoisotopic (exact) mass is 550 g/mol. The minimum absolute atomic E-state index is 0.0147. The van der Waals surface area contributed by atoms with E-state index in [0.717, 1.165) is 10.5 Å². The molecule has 14 heteroatoms. The Morgan fingerprint density at radius 1 is 0.946 bits per heavy atom. The molecule has 3 rings (SSSR count). The van der Waals surface area contributed by atoms with Crippen LogP contribution in [0, 0.1) is 6.92 Å². The highest BCUT2D eigenvalue weighted by atomic mass is 35.5. The first-order chi connectivity index (χ1) is 17.6. The molecule has 1 aromatic carbocycles. The average molecular weight is 551 g/mol. The topological polar surface area (TPSA) is 202 Å². The Morgan fingerprint density at radius 3 is 2.19 bits per heavy atom. The Morgan fingerprint density at radius 2 is 1.59 bits per heavy atom. The van der Waals surface area contributed by atoms with Crippen molar-refractivity contribution in [1.29, 1.82) is 0 Å². The van der Waals surface area contributed by atoms with Crippen LogP contribution < -0.4 is 5.32 Å². The summed E-state index contributed by atoms with van der Waals surface area (Å²) in [6.07, 6.45) is -15.7. The highest BCUT2D eigenvalue weighted by Gasteiger charge is 2.52. The number of amides is 2. The lowest BCUT2D eigenvalue weighted by molar-refractivity contribution is -0.347. The zero-order valence-corrected chi connectivity index (χ0v) is 21.0. The molecule has 2 aliphatic rings. The Balaban J connectivity index is 1.81. The van der Waals surface area contributed by atoms with Gasteiger partial charge in [0.25, 0.3) is 0 Å². The first-order valence-corrected chi connectivity index (χ1v) is 12.4. The summed E-state index contributed by atoms with van der Waals surface area (Å²) in [5.74, 6) is 0.134.